The van der Waals surface area contributed by atoms with Gasteiger partial charge in [-0.2, -0.15) is 4.52 Å². The number of aromatic nitrogens is 6. The highest BCUT2D eigenvalue weighted by molar-refractivity contribution is 5.43. The fraction of sp³-hybridized carbons (Fsp3) is 0.385. The van der Waals surface area contributed by atoms with Crippen LogP contribution in [0.5, 0.6) is 0 Å². The van der Waals surface area contributed by atoms with E-state index in [1.165, 1.54) is 0 Å². The van der Waals surface area contributed by atoms with Crippen molar-refractivity contribution in [1.29, 1.82) is 0 Å². The monoisotopic (exact) mass is 307 g/mol. The van der Waals surface area contributed by atoms with Crippen molar-refractivity contribution in [1.82, 2.24) is 29.4 Å². The summed E-state index contributed by atoms with van der Waals surface area (Å²) >= 11 is 0. The third kappa shape index (κ3) is 2.74. The first-order valence-corrected chi connectivity index (χ1v) is 6.93. The smallest absolute Gasteiger partial charge is 0.299 e. The standard InChI is InChI=1S/C13H15F2N7/c1-2-10-17-6-8-21(10)7-5-16-9-3-4-11-18-19-13(12(14)15)22(11)20-9/h3-4,6,8,12H,2,5,7H2,1H3,(H,16,20). The molecule has 0 aromatic carbocycles. The Morgan fingerprint density at radius 3 is 2.91 bits per heavy atom. The highest BCUT2D eigenvalue weighted by Gasteiger charge is 2.16. The lowest BCUT2D eigenvalue weighted by Crippen LogP contribution is -2.13. The van der Waals surface area contributed by atoms with Crippen molar-refractivity contribution < 1.29 is 8.78 Å². The van der Waals surface area contributed by atoms with Gasteiger partial charge in [-0.15, -0.1) is 15.3 Å². The molecule has 22 heavy (non-hydrogen) atoms. The van der Waals surface area contributed by atoms with E-state index in [-0.39, 0.29) is 0 Å². The number of aryl methyl sites for hydroxylation is 1. The first-order chi connectivity index (χ1) is 10.7. The quantitative estimate of drug-likeness (QED) is 0.753. The predicted molar refractivity (Wildman–Crippen MR) is 75.8 cm³/mol. The van der Waals surface area contributed by atoms with E-state index in [1.54, 1.807) is 18.3 Å². The second-order valence-corrected chi connectivity index (χ2v) is 4.66. The number of imidazole rings is 1. The molecule has 3 aromatic heterocycles. The number of fused-ring (bicyclic) bond motifs is 1. The third-order valence-corrected chi connectivity index (χ3v) is 3.26. The zero-order valence-electron chi connectivity index (χ0n) is 11.9. The van der Waals surface area contributed by atoms with E-state index in [9.17, 15) is 8.78 Å². The van der Waals surface area contributed by atoms with Crippen LogP contribution in [0.3, 0.4) is 0 Å². The normalized spacial score (nSPS) is 11.5. The molecule has 0 unspecified atom stereocenters. The van der Waals surface area contributed by atoms with E-state index in [1.807, 2.05) is 17.7 Å². The molecule has 0 radical (unpaired) electrons. The van der Waals surface area contributed by atoms with Gasteiger partial charge in [0.15, 0.2) is 5.65 Å². The van der Waals surface area contributed by atoms with E-state index >= 15 is 0 Å². The van der Waals surface area contributed by atoms with Crippen LogP contribution in [0.1, 0.15) is 25.0 Å². The Morgan fingerprint density at radius 2 is 2.14 bits per heavy atom. The largest absolute Gasteiger partial charge is 0.367 e. The Morgan fingerprint density at radius 1 is 1.27 bits per heavy atom. The van der Waals surface area contributed by atoms with Crippen molar-refractivity contribution in [2.24, 2.45) is 0 Å². The number of rotatable bonds is 6. The lowest BCUT2D eigenvalue weighted by molar-refractivity contribution is 0.137. The number of halogens is 2. The zero-order valence-corrected chi connectivity index (χ0v) is 11.9. The van der Waals surface area contributed by atoms with E-state index in [0.29, 0.717) is 24.6 Å². The van der Waals surface area contributed by atoms with Gasteiger partial charge in [-0.25, -0.2) is 13.8 Å². The molecule has 0 spiro atoms. The molecule has 0 bridgehead atoms. The molecule has 0 saturated carbocycles. The average Bonchev–Trinajstić information content (AvgIpc) is 3.12. The van der Waals surface area contributed by atoms with Crippen LogP contribution in [0.15, 0.2) is 24.5 Å². The number of nitrogens with one attached hydrogen (secondary N) is 1. The molecular weight excluding hydrogens is 292 g/mol. The lowest BCUT2D eigenvalue weighted by atomic mass is 10.4. The molecule has 116 valence electrons. The van der Waals surface area contributed by atoms with Crippen molar-refractivity contribution in [2.75, 3.05) is 11.9 Å². The zero-order chi connectivity index (χ0) is 15.5. The molecule has 0 fully saturated rings. The minimum atomic E-state index is -2.71. The highest BCUT2D eigenvalue weighted by atomic mass is 19.3. The third-order valence-electron chi connectivity index (χ3n) is 3.26. The number of nitrogens with zero attached hydrogens (tertiary/aromatic N) is 6. The van der Waals surface area contributed by atoms with Crippen LogP contribution < -0.4 is 5.32 Å². The molecular formula is C13H15F2N7. The van der Waals surface area contributed by atoms with Crippen molar-refractivity contribution in [3.63, 3.8) is 0 Å². The first kappa shape index (κ1) is 14.4. The number of hydrogen-bond donors (Lipinski definition) is 1. The van der Waals surface area contributed by atoms with E-state index < -0.39 is 12.2 Å². The van der Waals surface area contributed by atoms with Gasteiger partial charge in [0, 0.05) is 31.9 Å². The van der Waals surface area contributed by atoms with Gasteiger partial charge in [-0.05, 0) is 12.1 Å². The lowest BCUT2D eigenvalue weighted by Gasteiger charge is -2.08. The first-order valence-electron chi connectivity index (χ1n) is 6.93. The summed E-state index contributed by atoms with van der Waals surface area (Å²) in [7, 11) is 0. The van der Waals surface area contributed by atoms with E-state index in [0.717, 1.165) is 16.8 Å². The molecule has 3 aromatic rings. The molecule has 0 aliphatic rings. The SMILES string of the molecule is CCc1nccn1CCNc1ccc2nnc(C(F)F)n2n1. The fourth-order valence-corrected chi connectivity index (χ4v) is 2.20. The van der Waals surface area contributed by atoms with Crippen LogP contribution in [0.25, 0.3) is 5.65 Å². The van der Waals surface area contributed by atoms with E-state index in [4.69, 9.17) is 0 Å². The van der Waals surface area contributed by atoms with Gasteiger partial charge in [-0.3, -0.25) is 0 Å². The molecule has 9 heteroatoms. The summed E-state index contributed by atoms with van der Waals surface area (Å²) in [5, 5.41) is 14.3. The topological polar surface area (TPSA) is 72.9 Å². The maximum atomic E-state index is 12.8. The second kappa shape index (κ2) is 6.04. The van der Waals surface area contributed by atoms with Crippen LogP contribution in [-0.4, -0.2) is 35.9 Å². The highest BCUT2D eigenvalue weighted by Crippen LogP contribution is 2.17. The van der Waals surface area contributed by atoms with Crippen molar-refractivity contribution >= 4 is 11.5 Å². The average molecular weight is 307 g/mol. The maximum absolute atomic E-state index is 12.8. The van der Waals surface area contributed by atoms with Gasteiger partial charge in [0.25, 0.3) is 6.43 Å². The molecule has 0 aliphatic heterocycles. The van der Waals surface area contributed by atoms with Gasteiger partial charge in [-0.1, -0.05) is 6.92 Å². The Kier molecular flexibility index (Phi) is 3.94. The Hall–Kier alpha value is -2.58. The number of anilines is 1. The van der Waals surface area contributed by atoms with Gasteiger partial charge in [0.1, 0.15) is 11.6 Å². The molecule has 0 saturated heterocycles. The van der Waals surface area contributed by atoms with Crippen molar-refractivity contribution in [3.05, 3.63) is 36.2 Å². The van der Waals surface area contributed by atoms with Gasteiger partial charge in [0.05, 0.1) is 0 Å². The van der Waals surface area contributed by atoms with Crippen molar-refractivity contribution in [2.45, 2.75) is 26.3 Å². The van der Waals surface area contributed by atoms with Gasteiger partial charge in [0.2, 0.25) is 5.82 Å². The van der Waals surface area contributed by atoms with Crippen molar-refractivity contribution in [3.8, 4) is 0 Å². The molecule has 0 atom stereocenters. The van der Waals surface area contributed by atoms with Crippen LogP contribution in [-0.2, 0) is 13.0 Å². The summed E-state index contributed by atoms with van der Waals surface area (Å²) in [6.45, 7) is 3.36. The Labute approximate surface area is 125 Å². The van der Waals surface area contributed by atoms with E-state index in [2.05, 4.69) is 25.6 Å². The van der Waals surface area contributed by atoms with Crippen LogP contribution >= 0.6 is 0 Å². The van der Waals surface area contributed by atoms with Crippen LogP contribution in [0.2, 0.25) is 0 Å². The molecule has 3 heterocycles. The Balaban J connectivity index is 1.70. The minimum absolute atomic E-state index is 0.295. The molecule has 1 N–H and O–H groups in total. The molecule has 7 nitrogen and oxygen atoms in total. The van der Waals surface area contributed by atoms with Crippen LogP contribution in [0.4, 0.5) is 14.6 Å². The summed E-state index contributed by atoms with van der Waals surface area (Å²) in [6.07, 6.45) is 1.81. The molecule has 0 amide bonds. The summed E-state index contributed by atoms with van der Waals surface area (Å²) in [5.41, 5.74) is 0.295. The molecule has 0 aliphatic carbocycles. The summed E-state index contributed by atoms with van der Waals surface area (Å²) in [6, 6.07) is 3.29. The molecule has 3 rings (SSSR count). The Bertz CT molecular complexity index is 765. The van der Waals surface area contributed by atoms with Gasteiger partial charge < -0.3 is 9.88 Å². The number of alkyl halides is 2. The summed E-state index contributed by atoms with van der Waals surface area (Å²) < 4.78 is 28.7. The van der Waals surface area contributed by atoms with Gasteiger partial charge >= 0.3 is 0 Å². The predicted octanol–water partition coefficient (Wildman–Crippen LogP) is 1.93. The van der Waals surface area contributed by atoms with Crippen LogP contribution in [0, 0.1) is 0 Å². The summed E-state index contributed by atoms with van der Waals surface area (Å²) in [5.74, 6) is 1.04. The minimum Gasteiger partial charge on any atom is -0.367 e. The maximum Gasteiger partial charge on any atom is 0.299 e. The summed E-state index contributed by atoms with van der Waals surface area (Å²) in [4.78, 5) is 4.24. The second-order valence-electron chi connectivity index (χ2n) is 4.66. The number of hydrogen-bond acceptors (Lipinski definition) is 5. The fourth-order valence-electron chi connectivity index (χ4n) is 2.20.